The summed E-state index contributed by atoms with van der Waals surface area (Å²) in [4.78, 5) is 0. The van der Waals surface area contributed by atoms with Gasteiger partial charge < -0.3 is 15.9 Å². The van der Waals surface area contributed by atoms with Crippen LogP contribution in [0.25, 0.3) is 0 Å². The van der Waals surface area contributed by atoms with Crippen molar-refractivity contribution in [1.29, 1.82) is 0 Å². The van der Waals surface area contributed by atoms with E-state index in [4.69, 9.17) is 15.9 Å². The molecule has 1 aliphatic carbocycles. The number of hydrogen-bond acceptors (Lipinski definition) is 3. The lowest BCUT2D eigenvalue weighted by atomic mass is 10.1. The van der Waals surface area contributed by atoms with E-state index in [0.29, 0.717) is 12.8 Å². The Kier molecular flexibility index (Phi) is 2.65. The molecule has 1 fully saturated rings. The first-order valence-corrected chi connectivity index (χ1v) is 3.82. The molecule has 3 heteroatoms. The molecule has 0 amide bonds. The molecule has 0 aromatic heterocycles. The summed E-state index contributed by atoms with van der Waals surface area (Å²) < 4.78 is 0. The quantitative estimate of drug-likeness (QED) is 0.407. The van der Waals surface area contributed by atoms with Gasteiger partial charge >= 0.3 is 0 Å². The summed E-state index contributed by atoms with van der Waals surface area (Å²) in [6.45, 7) is 0. The van der Waals surface area contributed by atoms with Crippen LogP contribution in [0.5, 0.6) is 0 Å². The normalized spacial score (nSPS) is 42.9. The van der Waals surface area contributed by atoms with Gasteiger partial charge in [0.1, 0.15) is 0 Å². The Labute approximate surface area is 60.9 Å². The molecular formula is C7H15NO2. The van der Waals surface area contributed by atoms with Gasteiger partial charge in [0, 0.05) is 6.04 Å². The molecule has 0 saturated heterocycles. The van der Waals surface area contributed by atoms with E-state index < -0.39 is 12.2 Å². The van der Waals surface area contributed by atoms with E-state index in [9.17, 15) is 0 Å². The fraction of sp³-hybridized carbons (Fsp3) is 1.00. The maximum Gasteiger partial charge on any atom is 0.0799 e. The third kappa shape index (κ3) is 1.94. The second kappa shape index (κ2) is 3.32. The maximum absolute atomic E-state index is 9.17. The van der Waals surface area contributed by atoms with Crippen molar-refractivity contribution >= 4 is 0 Å². The monoisotopic (exact) mass is 145 g/mol. The second-order valence-corrected chi connectivity index (χ2v) is 3.05. The summed E-state index contributed by atoms with van der Waals surface area (Å²) >= 11 is 0. The van der Waals surface area contributed by atoms with Crippen molar-refractivity contribution < 1.29 is 10.2 Å². The predicted molar refractivity (Wildman–Crippen MR) is 38.5 cm³/mol. The van der Waals surface area contributed by atoms with E-state index in [0.717, 1.165) is 12.8 Å². The largest absolute Gasteiger partial charge is 0.390 e. The summed E-state index contributed by atoms with van der Waals surface area (Å²) in [7, 11) is 0. The van der Waals surface area contributed by atoms with Crippen LogP contribution in [-0.2, 0) is 0 Å². The summed E-state index contributed by atoms with van der Waals surface area (Å²) in [6, 6.07) is 0.173. The first-order chi connectivity index (χ1) is 4.70. The van der Waals surface area contributed by atoms with Crippen molar-refractivity contribution in [2.45, 2.75) is 43.9 Å². The fourth-order valence-electron chi connectivity index (χ4n) is 1.30. The van der Waals surface area contributed by atoms with Crippen molar-refractivity contribution in [3.05, 3.63) is 0 Å². The number of nitrogens with two attached hydrogens (primary N) is 1. The van der Waals surface area contributed by atoms with Gasteiger partial charge in [-0.2, -0.15) is 0 Å². The minimum absolute atomic E-state index is 0.173. The van der Waals surface area contributed by atoms with Gasteiger partial charge in [-0.3, -0.25) is 0 Å². The van der Waals surface area contributed by atoms with Gasteiger partial charge in [-0.25, -0.2) is 0 Å². The zero-order valence-corrected chi connectivity index (χ0v) is 6.03. The Bertz CT molecular complexity index is 95.8. The minimum Gasteiger partial charge on any atom is -0.390 e. The van der Waals surface area contributed by atoms with Crippen LogP contribution in [-0.4, -0.2) is 28.5 Å². The van der Waals surface area contributed by atoms with Crippen LogP contribution in [0, 0.1) is 0 Å². The molecule has 0 bridgehead atoms. The fourth-order valence-corrected chi connectivity index (χ4v) is 1.30. The average molecular weight is 145 g/mol. The third-order valence-electron chi connectivity index (χ3n) is 2.11. The molecule has 3 nitrogen and oxygen atoms in total. The van der Waals surface area contributed by atoms with E-state index >= 15 is 0 Å². The Morgan fingerprint density at radius 1 is 0.900 bits per heavy atom. The van der Waals surface area contributed by atoms with Crippen LogP contribution >= 0.6 is 0 Å². The highest BCUT2D eigenvalue weighted by molar-refractivity contribution is 4.77. The highest BCUT2D eigenvalue weighted by atomic mass is 16.3. The van der Waals surface area contributed by atoms with Crippen LogP contribution in [0.15, 0.2) is 0 Å². The average Bonchev–Trinajstić information content (AvgIpc) is 2.04. The van der Waals surface area contributed by atoms with Crippen LogP contribution in [0.3, 0.4) is 0 Å². The molecule has 4 N–H and O–H groups in total. The van der Waals surface area contributed by atoms with Gasteiger partial charge in [-0.05, 0) is 25.7 Å². The molecule has 1 aliphatic rings. The number of aliphatic hydroxyl groups excluding tert-OH is 2. The van der Waals surface area contributed by atoms with Gasteiger partial charge in [0.2, 0.25) is 0 Å². The molecule has 0 spiro atoms. The van der Waals surface area contributed by atoms with Gasteiger partial charge in [0.25, 0.3) is 0 Å². The highest BCUT2D eigenvalue weighted by Crippen LogP contribution is 2.16. The number of aliphatic hydroxyl groups is 2. The smallest absolute Gasteiger partial charge is 0.0799 e. The first-order valence-electron chi connectivity index (χ1n) is 3.82. The van der Waals surface area contributed by atoms with E-state index in [1.54, 1.807) is 0 Å². The summed E-state index contributed by atoms with van der Waals surface area (Å²) in [5.41, 5.74) is 5.64. The summed E-state index contributed by atoms with van der Waals surface area (Å²) in [5, 5.41) is 18.3. The van der Waals surface area contributed by atoms with E-state index in [1.807, 2.05) is 0 Å². The lowest BCUT2D eigenvalue weighted by Gasteiger charge is -2.12. The number of hydrogen-bond donors (Lipinski definition) is 3. The first kappa shape index (κ1) is 7.98. The van der Waals surface area contributed by atoms with E-state index in [-0.39, 0.29) is 6.04 Å². The standard InChI is InChI=1S/C7H15NO2/c8-5-1-3-6(9)7(10)4-2-5/h5-7,9-10H,1-4,8H2/t5?,6-,7+. The molecule has 0 heterocycles. The molecular weight excluding hydrogens is 130 g/mol. The summed E-state index contributed by atoms with van der Waals surface area (Å²) in [6.07, 6.45) is 1.85. The summed E-state index contributed by atoms with van der Waals surface area (Å²) in [5.74, 6) is 0. The van der Waals surface area contributed by atoms with Crippen molar-refractivity contribution in [2.24, 2.45) is 5.73 Å². The maximum atomic E-state index is 9.17. The highest BCUT2D eigenvalue weighted by Gasteiger charge is 2.21. The molecule has 0 aromatic carbocycles. The molecule has 0 aromatic rings. The topological polar surface area (TPSA) is 66.5 Å². The Morgan fingerprint density at radius 3 is 1.70 bits per heavy atom. The van der Waals surface area contributed by atoms with E-state index in [2.05, 4.69) is 0 Å². The number of rotatable bonds is 0. The minimum atomic E-state index is -0.548. The third-order valence-corrected chi connectivity index (χ3v) is 2.11. The Hall–Kier alpha value is -0.120. The van der Waals surface area contributed by atoms with Crippen LogP contribution in [0.1, 0.15) is 25.7 Å². The van der Waals surface area contributed by atoms with E-state index in [1.165, 1.54) is 0 Å². The molecule has 10 heavy (non-hydrogen) atoms. The van der Waals surface area contributed by atoms with Crippen molar-refractivity contribution in [3.8, 4) is 0 Å². The Balaban J connectivity index is 2.38. The molecule has 3 atom stereocenters. The van der Waals surface area contributed by atoms with Crippen molar-refractivity contribution in [2.75, 3.05) is 0 Å². The lowest BCUT2D eigenvalue weighted by Crippen LogP contribution is -2.23. The molecule has 1 saturated carbocycles. The Morgan fingerprint density at radius 2 is 1.30 bits per heavy atom. The lowest BCUT2D eigenvalue weighted by molar-refractivity contribution is 0.0157. The van der Waals surface area contributed by atoms with Gasteiger partial charge in [-0.1, -0.05) is 0 Å². The van der Waals surface area contributed by atoms with Crippen molar-refractivity contribution in [1.82, 2.24) is 0 Å². The van der Waals surface area contributed by atoms with Crippen LogP contribution in [0.2, 0.25) is 0 Å². The SMILES string of the molecule is NC1CC[C@@H](O)[C@@H](O)CC1. The second-order valence-electron chi connectivity index (χ2n) is 3.05. The predicted octanol–water partition coefficient (Wildman–Crippen LogP) is -0.391. The zero-order chi connectivity index (χ0) is 7.56. The molecule has 0 aliphatic heterocycles. The zero-order valence-electron chi connectivity index (χ0n) is 6.03. The van der Waals surface area contributed by atoms with Crippen LogP contribution < -0.4 is 5.73 Å². The van der Waals surface area contributed by atoms with Gasteiger partial charge in [-0.15, -0.1) is 0 Å². The molecule has 1 unspecified atom stereocenters. The van der Waals surface area contributed by atoms with Gasteiger partial charge in [0.15, 0.2) is 0 Å². The molecule has 60 valence electrons. The molecule has 1 rings (SSSR count). The van der Waals surface area contributed by atoms with Crippen LogP contribution in [0.4, 0.5) is 0 Å². The molecule has 0 radical (unpaired) electrons. The van der Waals surface area contributed by atoms with Crippen molar-refractivity contribution in [3.63, 3.8) is 0 Å². The van der Waals surface area contributed by atoms with Gasteiger partial charge in [0.05, 0.1) is 12.2 Å².